The standard InChI is InChI=1S/C14H22BrNO2S/c1-17-8-6-16-11-12-10-13(15)4-5-14(12)18-7-3-9-19-2/h4-5,10,16H,3,6-9,11H2,1-2H3. The van der Waals surface area contributed by atoms with Crippen molar-refractivity contribution in [2.24, 2.45) is 0 Å². The van der Waals surface area contributed by atoms with E-state index in [0.717, 1.165) is 48.7 Å². The second kappa shape index (κ2) is 10.5. The van der Waals surface area contributed by atoms with Crippen LogP contribution in [0.1, 0.15) is 12.0 Å². The van der Waals surface area contributed by atoms with Gasteiger partial charge in [-0.2, -0.15) is 11.8 Å². The second-order valence-electron chi connectivity index (χ2n) is 4.12. The van der Waals surface area contributed by atoms with Crippen LogP contribution in [0.2, 0.25) is 0 Å². The lowest BCUT2D eigenvalue weighted by Crippen LogP contribution is -2.19. The molecule has 0 unspecified atom stereocenters. The highest BCUT2D eigenvalue weighted by Crippen LogP contribution is 2.23. The average Bonchev–Trinajstić information content (AvgIpc) is 2.41. The number of thioether (sulfide) groups is 1. The van der Waals surface area contributed by atoms with Gasteiger partial charge in [-0.25, -0.2) is 0 Å². The summed E-state index contributed by atoms with van der Waals surface area (Å²) in [6.07, 6.45) is 3.19. The molecule has 0 aliphatic heterocycles. The van der Waals surface area contributed by atoms with E-state index in [1.807, 2.05) is 23.9 Å². The van der Waals surface area contributed by atoms with Gasteiger partial charge in [-0.05, 0) is 36.6 Å². The lowest BCUT2D eigenvalue weighted by Gasteiger charge is -2.12. The average molecular weight is 348 g/mol. The number of rotatable bonds is 10. The van der Waals surface area contributed by atoms with Gasteiger partial charge in [-0.3, -0.25) is 0 Å². The zero-order valence-electron chi connectivity index (χ0n) is 11.6. The summed E-state index contributed by atoms with van der Waals surface area (Å²) in [5, 5.41) is 3.34. The maximum absolute atomic E-state index is 5.85. The lowest BCUT2D eigenvalue weighted by atomic mass is 10.2. The molecule has 0 spiro atoms. The summed E-state index contributed by atoms with van der Waals surface area (Å²) in [5.41, 5.74) is 1.18. The molecule has 0 saturated carbocycles. The first-order chi connectivity index (χ1) is 9.27. The first-order valence-electron chi connectivity index (χ1n) is 6.37. The van der Waals surface area contributed by atoms with E-state index in [-0.39, 0.29) is 0 Å². The van der Waals surface area contributed by atoms with Crippen molar-refractivity contribution in [2.75, 3.05) is 38.9 Å². The molecule has 0 aliphatic rings. The molecule has 0 fully saturated rings. The van der Waals surface area contributed by atoms with Gasteiger partial charge < -0.3 is 14.8 Å². The van der Waals surface area contributed by atoms with E-state index in [0.29, 0.717) is 0 Å². The minimum Gasteiger partial charge on any atom is -0.493 e. The first-order valence-corrected chi connectivity index (χ1v) is 8.56. The van der Waals surface area contributed by atoms with Crippen LogP contribution in [0.4, 0.5) is 0 Å². The van der Waals surface area contributed by atoms with E-state index in [1.165, 1.54) is 5.56 Å². The summed E-state index contributed by atoms with van der Waals surface area (Å²) in [7, 11) is 1.71. The minimum absolute atomic E-state index is 0.720. The molecule has 0 aromatic heterocycles. The molecule has 1 rings (SSSR count). The quantitative estimate of drug-likeness (QED) is 0.657. The number of nitrogens with one attached hydrogen (secondary N) is 1. The Labute approximate surface area is 128 Å². The fourth-order valence-electron chi connectivity index (χ4n) is 1.61. The normalized spacial score (nSPS) is 10.7. The van der Waals surface area contributed by atoms with Crippen LogP contribution >= 0.6 is 27.7 Å². The molecule has 1 aromatic carbocycles. The third-order valence-electron chi connectivity index (χ3n) is 2.57. The minimum atomic E-state index is 0.720. The molecular weight excluding hydrogens is 326 g/mol. The van der Waals surface area contributed by atoms with Crippen molar-refractivity contribution in [3.8, 4) is 5.75 Å². The highest BCUT2D eigenvalue weighted by atomic mass is 79.9. The third-order valence-corrected chi connectivity index (χ3v) is 3.76. The Morgan fingerprint density at radius 2 is 2.16 bits per heavy atom. The highest BCUT2D eigenvalue weighted by Gasteiger charge is 2.04. The predicted molar refractivity (Wildman–Crippen MR) is 86.2 cm³/mol. The first kappa shape index (κ1) is 16.8. The SMILES string of the molecule is COCCNCc1cc(Br)ccc1OCCCSC. The van der Waals surface area contributed by atoms with Crippen molar-refractivity contribution in [3.63, 3.8) is 0 Å². The van der Waals surface area contributed by atoms with E-state index in [2.05, 4.69) is 33.6 Å². The summed E-state index contributed by atoms with van der Waals surface area (Å²) in [4.78, 5) is 0. The van der Waals surface area contributed by atoms with Crippen molar-refractivity contribution in [3.05, 3.63) is 28.2 Å². The maximum Gasteiger partial charge on any atom is 0.123 e. The topological polar surface area (TPSA) is 30.5 Å². The van der Waals surface area contributed by atoms with Gasteiger partial charge in [-0.15, -0.1) is 0 Å². The van der Waals surface area contributed by atoms with Crippen molar-refractivity contribution < 1.29 is 9.47 Å². The molecule has 0 bridgehead atoms. The van der Waals surface area contributed by atoms with Gasteiger partial charge >= 0.3 is 0 Å². The van der Waals surface area contributed by atoms with Crippen molar-refractivity contribution >= 4 is 27.7 Å². The molecule has 3 nitrogen and oxygen atoms in total. The van der Waals surface area contributed by atoms with Gasteiger partial charge in [0.1, 0.15) is 5.75 Å². The van der Waals surface area contributed by atoms with E-state index in [9.17, 15) is 0 Å². The molecule has 19 heavy (non-hydrogen) atoms. The highest BCUT2D eigenvalue weighted by molar-refractivity contribution is 9.10. The van der Waals surface area contributed by atoms with Crippen molar-refractivity contribution in [1.29, 1.82) is 0 Å². The van der Waals surface area contributed by atoms with Crippen LogP contribution in [-0.4, -0.2) is 38.9 Å². The Morgan fingerprint density at radius 1 is 1.32 bits per heavy atom. The maximum atomic E-state index is 5.85. The predicted octanol–water partition coefficient (Wildman–Crippen LogP) is 3.32. The Hall–Kier alpha value is -0.230. The molecule has 0 saturated heterocycles. The summed E-state index contributed by atoms with van der Waals surface area (Å²) in [5.74, 6) is 2.10. The zero-order valence-corrected chi connectivity index (χ0v) is 14.0. The molecule has 0 aliphatic carbocycles. The van der Waals surface area contributed by atoms with Crippen LogP contribution in [0.5, 0.6) is 5.75 Å². The molecule has 1 aromatic rings. The Bertz CT molecular complexity index is 363. The smallest absolute Gasteiger partial charge is 0.123 e. The Morgan fingerprint density at radius 3 is 2.89 bits per heavy atom. The van der Waals surface area contributed by atoms with Crippen LogP contribution in [-0.2, 0) is 11.3 Å². The Kier molecular flexibility index (Phi) is 9.34. The van der Waals surface area contributed by atoms with Gasteiger partial charge in [0.05, 0.1) is 13.2 Å². The number of halogens is 1. The van der Waals surface area contributed by atoms with Gasteiger partial charge in [0.15, 0.2) is 0 Å². The lowest BCUT2D eigenvalue weighted by molar-refractivity contribution is 0.199. The van der Waals surface area contributed by atoms with Gasteiger partial charge in [0, 0.05) is 30.2 Å². The van der Waals surface area contributed by atoms with Crippen molar-refractivity contribution in [1.82, 2.24) is 5.32 Å². The molecule has 0 heterocycles. The number of ether oxygens (including phenoxy) is 2. The number of benzene rings is 1. The zero-order chi connectivity index (χ0) is 13.9. The molecule has 108 valence electrons. The summed E-state index contributed by atoms with van der Waals surface area (Å²) >= 11 is 5.35. The van der Waals surface area contributed by atoms with Crippen molar-refractivity contribution in [2.45, 2.75) is 13.0 Å². The van der Waals surface area contributed by atoms with Crippen LogP contribution in [0.15, 0.2) is 22.7 Å². The fraction of sp³-hybridized carbons (Fsp3) is 0.571. The van der Waals surface area contributed by atoms with Gasteiger partial charge in [0.25, 0.3) is 0 Å². The largest absolute Gasteiger partial charge is 0.493 e. The van der Waals surface area contributed by atoms with E-state index in [4.69, 9.17) is 9.47 Å². The summed E-state index contributed by atoms with van der Waals surface area (Å²) in [6, 6.07) is 6.14. The Balaban J connectivity index is 2.48. The summed E-state index contributed by atoms with van der Waals surface area (Å²) in [6.45, 7) is 3.13. The number of methoxy groups -OCH3 is 1. The molecule has 1 N–H and O–H groups in total. The van der Waals surface area contributed by atoms with Crippen LogP contribution in [0.25, 0.3) is 0 Å². The third kappa shape index (κ3) is 7.20. The molecule has 0 radical (unpaired) electrons. The van der Waals surface area contributed by atoms with Crippen LogP contribution < -0.4 is 10.1 Å². The van der Waals surface area contributed by atoms with Crippen LogP contribution in [0.3, 0.4) is 0 Å². The van der Waals surface area contributed by atoms with E-state index >= 15 is 0 Å². The van der Waals surface area contributed by atoms with Crippen LogP contribution in [0, 0.1) is 0 Å². The number of hydrogen-bond acceptors (Lipinski definition) is 4. The summed E-state index contributed by atoms with van der Waals surface area (Å²) < 4.78 is 11.9. The van der Waals surface area contributed by atoms with Gasteiger partial charge in [-0.1, -0.05) is 15.9 Å². The number of hydrogen-bond donors (Lipinski definition) is 1. The molecule has 5 heteroatoms. The second-order valence-corrected chi connectivity index (χ2v) is 6.02. The van der Waals surface area contributed by atoms with E-state index in [1.54, 1.807) is 7.11 Å². The molecular formula is C14H22BrNO2S. The molecule has 0 atom stereocenters. The molecule has 0 amide bonds. The monoisotopic (exact) mass is 347 g/mol. The van der Waals surface area contributed by atoms with E-state index < -0.39 is 0 Å². The fourth-order valence-corrected chi connectivity index (χ4v) is 2.42. The van der Waals surface area contributed by atoms with Gasteiger partial charge in [0.2, 0.25) is 0 Å².